The van der Waals surface area contributed by atoms with Crippen LogP contribution in [0, 0.1) is 24.4 Å². The summed E-state index contributed by atoms with van der Waals surface area (Å²) in [7, 11) is 0. The lowest BCUT2D eigenvalue weighted by atomic mass is 9.97. The Labute approximate surface area is 160 Å². The highest BCUT2D eigenvalue weighted by molar-refractivity contribution is 8.00. The van der Waals surface area contributed by atoms with Crippen LogP contribution in [0.1, 0.15) is 41.6 Å². The summed E-state index contributed by atoms with van der Waals surface area (Å²) in [4.78, 5) is 13.4. The number of carbonyl (C=O) groups is 1. The van der Waals surface area contributed by atoms with E-state index in [1.165, 1.54) is 0 Å². The Morgan fingerprint density at radius 2 is 1.70 bits per heavy atom. The first-order chi connectivity index (χ1) is 12.8. The summed E-state index contributed by atoms with van der Waals surface area (Å²) in [5.74, 6) is -4.81. The normalized spacial score (nSPS) is 19.7. The predicted octanol–water partition coefficient (Wildman–Crippen LogP) is 5.06. The minimum absolute atomic E-state index is 0.146. The molecule has 1 aliphatic carbocycles. The summed E-state index contributed by atoms with van der Waals surface area (Å²) in [6.07, 6.45) is 3.15. The number of anilines is 1. The maximum Gasteiger partial charge on any atom is 0.255 e. The molecule has 0 atom stereocenters. The van der Waals surface area contributed by atoms with Gasteiger partial charge in [-0.3, -0.25) is 4.79 Å². The molecular weight excluding hydrogens is 375 g/mol. The van der Waals surface area contributed by atoms with Gasteiger partial charge in [0.15, 0.2) is 17.5 Å². The Balaban J connectivity index is 1.74. The smallest absolute Gasteiger partial charge is 0.255 e. The van der Waals surface area contributed by atoms with E-state index in [-0.39, 0.29) is 11.8 Å². The highest BCUT2D eigenvalue weighted by Crippen LogP contribution is 2.35. The summed E-state index contributed by atoms with van der Waals surface area (Å²) in [5.41, 5.74) is 1.23. The van der Waals surface area contributed by atoms with Gasteiger partial charge >= 0.3 is 0 Å². The van der Waals surface area contributed by atoms with Gasteiger partial charge < -0.3 is 10.4 Å². The van der Waals surface area contributed by atoms with Crippen molar-refractivity contribution in [2.24, 2.45) is 0 Å². The number of halogens is 3. The van der Waals surface area contributed by atoms with Gasteiger partial charge in [0.25, 0.3) is 5.91 Å². The molecule has 3 rings (SSSR count). The van der Waals surface area contributed by atoms with Gasteiger partial charge in [0.2, 0.25) is 0 Å². The number of aliphatic hydroxyl groups excluding tert-OH is 1. The number of nitrogens with one attached hydrogen (secondary N) is 1. The van der Waals surface area contributed by atoms with E-state index in [9.17, 15) is 23.1 Å². The summed E-state index contributed by atoms with van der Waals surface area (Å²) in [5, 5.41) is 12.4. The topological polar surface area (TPSA) is 49.3 Å². The molecule has 2 N–H and O–H groups in total. The molecule has 144 valence electrons. The molecule has 27 heavy (non-hydrogen) atoms. The number of aryl methyl sites for hydroxylation is 1. The summed E-state index contributed by atoms with van der Waals surface area (Å²) < 4.78 is 39.7. The lowest BCUT2D eigenvalue weighted by molar-refractivity contribution is 0.102. The highest BCUT2D eigenvalue weighted by Gasteiger charge is 2.21. The fourth-order valence-corrected chi connectivity index (χ4v) is 4.36. The van der Waals surface area contributed by atoms with Gasteiger partial charge in [-0.1, -0.05) is 6.07 Å². The fraction of sp³-hybridized carbons (Fsp3) is 0.350. The van der Waals surface area contributed by atoms with Crippen LogP contribution < -0.4 is 5.32 Å². The van der Waals surface area contributed by atoms with Crippen LogP contribution in [0.15, 0.2) is 35.2 Å². The van der Waals surface area contributed by atoms with Gasteiger partial charge in [-0.2, -0.15) is 0 Å². The molecule has 1 aliphatic rings. The second-order valence-electron chi connectivity index (χ2n) is 6.74. The molecule has 0 radical (unpaired) electrons. The Kier molecular flexibility index (Phi) is 6.11. The van der Waals surface area contributed by atoms with Crippen LogP contribution in [-0.2, 0) is 0 Å². The van der Waals surface area contributed by atoms with Crippen LogP contribution in [0.4, 0.5) is 18.9 Å². The van der Waals surface area contributed by atoms with Crippen LogP contribution in [0.5, 0.6) is 0 Å². The Morgan fingerprint density at radius 1 is 1.07 bits per heavy atom. The van der Waals surface area contributed by atoms with Gasteiger partial charge in [0, 0.05) is 33.5 Å². The second kappa shape index (κ2) is 8.35. The van der Waals surface area contributed by atoms with E-state index < -0.39 is 23.4 Å². The molecule has 1 saturated carbocycles. The van der Waals surface area contributed by atoms with Crippen molar-refractivity contribution >= 4 is 23.4 Å². The Morgan fingerprint density at radius 3 is 2.33 bits per heavy atom. The maximum absolute atomic E-state index is 13.3. The Hall–Kier alpha value is -1.99. The Bertz CT molecular complexity index is 828. The summed E-state index contributed by atoms with van der Waals surface area (Å²) in [6, 6.07) is 6.69. The first-order valence-corrected chi connectivity index (χ1v) is 9.62. The SMILES string of the molecule is Cc1ccc(C(=O)Nc2cc(F)c(F)c(F)c2)cc1SC1CCC(O)CC1. The molecule has 0 unspecified atom stereocenters. The first kappa shape index (κ1) is 19.8. The number of hydrogen-bond donors (Lipinski definition) is 2. The molecule has 3 nitrogen and oxygen atoms in total. The van der Waals surface area contributed by atoms with E-state index in [0.29, 0.717) is 10.8 Å². The van der Waals surface area contributed by atoms with Crippen molar-refractivity contribution in [2.75, 3.05) is 5.32 Å². The van der Waals surface area contributed by atoms with Crippen LogP contribution in [0.2, 0.25) is 0 Å². The zero-order valence-corrected chi connectivity index (χ0v) is 15.6. The average Bonchev–Trinajstić information content (AvgIpc) is 2.63. The minimum atomic E-state index is -1.57. The van der Waals surface area contributed by atoms with Gasteiger partial charge in [-0.05, 0) is 50.3 Å². The maximum atomic E-state index is 13.3. The first-order valence-electron chi connectivity index (χ1n) is 8.74. The largest absolute Gasteiger partial charge is 0.393 e. The summed E-state index contributed by atoms with van der Waals surface area (Å²) >= 11 is 1.68. The second-order valence-corrected chi connectivity index (χ2v) is 8.08. The lowest BCUT2D eigenvalue weighted by Gasteiger charge is -2.25. The molecule has 0 spiro atoms. The molecule has 2 aromatic rings. The number of carbonyl (C=O) groups excluding carboxylic acids is 1. The molecular formula is C20H20F3NO2S. The average molecular weight is 395 g/mol. The molecule has 0 aromatic heterocycles. The number of thioether (sulfide) groups is 1. The van der Waals surface area contributed by atoms with E-state index >= 15 is 0 Å². The van der Waals surface area contributed by atoms with Crippen molar-refractivity contribution in [1.82, 2.24) is 0 Å². The number of hydrogen-bond acceptors (Lipinski definition) is 3. The van der Waals surface area contributed by atoms with E-state index in [0.717, 1.165) is 48.3 Å². The van der Waals surface area contributed by atoms with Crippen molar-refractivity contribution in [3.63, 3.8) is 0 Å². The van der Waals surface area contributed by atoms with E-state index in [1.807, 2.05) is 13.0 Å². The minimum Gasteiger partial charge on any atom is -0.393 e. The van der Waals surface area contributed by atoms with Gasteiger partial charge in [-0.15, -0.1) is 11.8 Å². The third-order valence-electron chi connectivity index (χ3n) is 4.63. The number of benzene rings is 2. The van der Waals surface area contributed by atoms with Gasteiger partial charge in [-0.25, -0.2) is 13.2 Å². The quantitative estimate of drug-likeness (QED) is 0.712. The van der Waals surface area contributed by atoms with Gasteiger partial charge in [0.1, 0.15) is 0 Å². The van der Waals surface area contributed by atoms with E-state index in [2.05, 4.69) is 5.32 Å². The molecule has 0 saturated heterocycles. The third-order valence-corrected chi connectivity index (χ3v) is 6.13. The standard InChI is InChI=1S/C20H20F3NO2S/c1-11-2-3-12(8-18(11)27-15-6-4-14(25)5-7-15)20(26)24-13-9-16(21)19(23)17(22)10-13/h2-3,8-10,14-15,25H,4-7H2,1H3,(H,24,26). The number of amides is 1. The van der Waals surface area contributed by atoms with Crippen molar-refractivity contribution < 1.29 is 23.1 Å². The molecule has 1 fully saturated rings. The fourth-order valence-electron chi connectivity index (χ4n) is 3.04. The van der Waals surface area contributed by atoms with Crippen LogP contribution in [0.25, 0.3) is 0 Å². The van der Waals surface area contributed by atoms with Crippen molar-refractivity contribution in [2.45, 2.75) is 48.9 Å². The molecule has 0 aliphatic heterocycles. The van der Waals surface area contributed by atoms with Crippen molar-refractivity contribution in [1.29, 1.82) is 0 Å². The van der Waals surface area contributed by atoms with E-state index in [1.54, 1.807) is 23.9 Å². The number of aliphatic hydroxyl groups is 1. The lowest BCUT2D eigenvalue weighted by Crippen LogP contribution is -2.19. The van der Waals surface area contributed by atoms with Crippen molar-refractivity contribution in [3.05, 3.63) is 58.9 Å². The van der Waals surface area contributed by atoms with Crippen LogP contribution >= 0.6 is 11.8 Å². The highest BCUT2D eigenvalue weighted by atomic mass is 32.2. The summed E-state index contributed by atoms with van der Waals surface area (Å²) in [6.45, 7) is 1.95. The molecule has 2 aromatic carbocycles. The molecule has 0 heterocycles. The zero-order valence-electron chi connectivity index (χ0n) is 14.8. The third kappa shape index (κ3) is 4.84. The van der Waals surface area contributed by atoms with Crippen LogP contribution in [0.3, 0.4) is 0 Å². The molecule has 1 amide bonds. The number of rotatable bonds is 4. The monoisotopic (exact) mass is 395 g/mol. The molecule has 7 heteroatoms. The zero-order chi connectivity index (χ0) is 19.6. The predicted molar refractivity (Wildman–Crippen MR) is 99.6 cm³/mol. The van der Waals surface area contributed by atoms with Crippen molar-refractivity contribution in [3.8, 4) is 0 Å². The van der Waals surface area contributed by atoms with Crippen LogP contribution in [-0.4, -0.2) is 22.4 Å². The van der Waals surface area contributed by atoms with Gasteiger partial charge in [0.05, 0.1) is 6.10 Å². The van der Waals surface area contributed by atoms with E-state index in [4.69, 9.17) is 0 Å². The molecule has 0 bridgehead atoms.